The molecule has 0 fully saturated rings. The smallest absolute Gasteiger partial charge is 0.0740 e. The Labute approximate surface area is 154 Å². The first kappa shape index (κ1) is 19.7. The van der Waals surface area contributed by atoms with Gasteiger partial charge in [-0.05, 0) is 49.3 Å². The Balaban J connectivity index is 2.72. The van der Waals surface area contributed by atoms with E-state index in [2.05, 4.69) is 58.9 Å². The molecule has 0 saturated heterocycles. The van der Waals surface area contributed by atoms with E-state index in [9.17, 15) is 0 Å². The van der Waals surface area contributed by atoms with E-state index in [1.54, 1.807) is 11.1 Å². The van der Waals surface area contributed by atoms with Crippen LogP contribution in [0.2, 0.25) is 0 Å². The second-order valence-corrected chi connectivity index (χ2v) is 7.21. The van der Waals surface area contributed by atoms with Gasteiger partial charge in [-0.1, -0.05) is 83.2 Å². The predicted molar refractivity (Wildman–Crippen MR) is 110 cm³/mol. The van der Waals surface area contributed by atoms with Gasteiger partial charge in [0.1, 0.15) is 0 Å². The fraction of sp³-hybridized carbons (Fsp3) is 0.542. The van der Waals surface area contributed by atoms with Gasteiger partial charge in [0.2, 0.25) is 0 Å². The fourth-order valence-corrected chi connectivity index (χ4v) is 3.78. The van der Waals surface area contributed by atoms with Crippen molar-refractivity contribution < 1.29 is 0 Å². The first-order chi connectivity index (χ1) is 12.2. The molecule has 0 aliphatic carbocycles. The van der Waals surface area contributed by atoms with Crippen molar-refractivity contribution in [3.63, 3.8) is 0 Å². The van der Waals surface area contributed by atoms with E-state index in [0.717, 1.165) is 19.3 Å². The van der Waals surface area contributed by atoms with E-state index in [-0.39, 0.29) is 0 Å². The van der Waals surface area contributed by atoms with Crippen molar-refractivity contribution in [3.05, 3.63) is 52.2 Å². The molecule has 1 heterocycles. The monoisotopic (exact) mass is 337 g/mol. The standard InChI is InChI=1S/C24H35N/c1-6-10-20-21(11-7-2)23(13-9-4)25-24(22(20)12-8-3)19-16-14-18(5)15-17-19/h14-17H,6-13H2,1-5H3. The molecule has 25 heavy (non-hydrogen) atoms. The molecular formula is C24H35N. The van der Waals surface area contributed by atoms with Gasteiger partial charge in [-0.2, -0.15) is 0 Å². The highest BCUT2D eigenvalue weighted by Crippen LogP contribution is 2.32. The van der Waals surface area contributed by atoms with Gasteiger partial charge in [0.15, 0.2) is 0 Å². The number of nitrogens with zero attached hydrogens (tertiary/aromatic N) is 1. The number of benzene rings is 1. The highest BCUT2D eigenvalue weighted by Gasteiger charge is 2.18. The molecule has 0 aliphatic rings. The normalized spacial score (nSPS) is 11.1. The molecule has 2 aromatic rings. The van der Waals surface area contributed by atoms with Crippen molar-refractivity contribution in [1.29, 1.82) is 0 Å². The summed E-state index contributed by atoms with van der Waals surface area (Å²) in [5.74, 6) is 0. The van der Waals surface area contributed by atoms with Crippen molar-refractivity contribution >= 4 is 0 Å². The van der Waals surface area contributed by atoms with Gasteiger partial charge >= 0.3 is 0 Å². The molecule has 0 aliphatic heterocycles. The van der Waals surface area contributed by atoms with Crippen LogP contribution in [0.15, 0.2) is 24.3 Å². The zero-order valence-corrected chi connectivity index (χ0v) is 16.9. The third kappa shape index (κ3) is 4.71. The van der Waals surface area contributed by atoms with Crippen molar-refractivity contribution in [2.45, 2.75) is 86.0 Å². The zero-order valence-electron chi connectivity index (χ0n) is 16.9. The Morgan fingerprint density at radius 1 is 0.640 bits per heavy atom. The Kier molecular flexibility index (Phi) is 7.68. The summed E-state index contributed by atoms with van der Waals surface area (Å²) < 4.78 is 0. The summed E-state index contributed by atoms with van der Waals surface area (Å²) >= 11 is 0. The van der Waals surface area contributed by atoms with E-state index in [0.29, 0.717) is 0 Å². The average molecular weight is 338 g/mol. The van der Waals surface area contributed by atoms with Crippen LogP contribution in [0.25, 0.3) is 11.3 Å². The van der Waals surface area contributed by atoms with Crippen LogP contribution in [-0.2, 0) is 25.7 Å². The van der Waals surface area contributed by atoms with Crippen LogP contribution >= 0.6 is 0 Å². The summed E-state index contributed by atoms with van der Waals surface area (Å²) in [4.78, 5) is 5.24. The van der Waals surface area contributed by atoms with Gasteiger partial charge in [0.05, 0.1) is 5.69 Å². The summed E-state index contributed by atoms with van der Waals surface area (Å²) in [6.45, 7) is 11.3. The minimum Gasteiger partial charge on any atom is -0.252 e. The summed E-state index contributed by atoms with van der Waals surface area (Å²) in [6.07, 6.45) is 9.32. The molecule has 0 bridgehead atoms. The van der Waals surface area contributed by atoms with E-state index in [1.807, 2.05) is 0 Å². The Morgan fingerprint density at radius 3 is 1.72 bits per heavy atom. The number of aromatic nitrogens is 1. The van der Waals surface area contributed by atoms with Crippen LogP contribution in [-0.4, -0.2) is 4.98 Å². The molecule has 0 atom stereocenters. The largest absolute Gasteiger partial charge is 0.252 e. The minimum atomic E-state index is 1.09. The lowest BCUT2D eigenvalue weighted by Gasteiger charge is -2.21. The topological polar surface area (TPSA) is 12.9 Å². The van der Waals surface area contributed by atoms with E-state index in [4.69, 9.17) is 4.98 Å². The molecule has 1 aromatic carbocycles. The molecule has 136 valence electrons. The molecule has 0 amide bonds. The van der Waals surface area contributed by atoms with Crippen LogP contribution in [0.5, 0.6) is 0 Å². The lowest BCUT2D eigenvalue weighted by atomic mass is 9.87. The number of aryl methyl sites for hydroxylation is 2. The average Bonchev–Trinajstić information content (AvgIpc) is 2.61. The van der Waals surface area contributed by atoms with Gasteiger partial charge < -0.3 is 0 Å². The summed E-state index contributed by atoms with van der Waals surface area (Å²) in [6, 6.07) is 8.93. The maximum atomic E-state index is 5.24. The van der Waals surface area contributed by atoms with Crippen LogP contribution in [0.3, 0.4) is 0 Å². The van der Waals surface area contributed by atoms with Crippen LogP contribution < -0.4 is 0 Å². The summed E-state index contributed by atoms with van der Waals surface area (Å²) in [7, 11) is 0. The number of pyridine rings is 1. The third-order valence-corrected chi connectivity index (χ3v) is 4.92. The molecule has 1 nitrogen and oxygen atoms in total. The molecular weight excluding hydrogens is 302 g/mol. The number of hydrogen-bond acceptors (Lipinski definition) is 1. The van der Waals surface area contributed by atoms with Crippen LogP contribution in [0.4, 0.5) is 0 Å². The lowest BCUT2D eigenvalue weighted by Crippen LogP contribution is -2.10. The highest BCUT2D eigenvalue weighted by molar-refractivity contribution is 5.66. The first-order valence-electron chi connectivity index (χ1n) is 10.3. The number of rotatable bonds is 9. The quantitative estimate of drug-likeness (QED) is 0.486. The van der Waals surface area contributed by atoms with Crippen LogP contribution in [0, 0.1) is 6.92 Å². The van der Waals surface area contributed by atoms with E-state index in [1.165, 1.54) is 60.2 Å². The molecule has 1 heteroatoms. The first-order valence-corrected chi connectivity index (χ1v) is 10.3. The zero-order chi connectivity index (χ0) is 18.2. The van der Waals surface area contributed by atoms with E-state index >= 15 is 0 Å². The Hall–Kier alpha value is -1.63. The fourth-order valence-electron chi connectivity index (χ4n) is 3.78. The Bertz CT molecular complexity index is 667. The van der Waals surface area contributed by atoms with Crippen molar-refractivity contribution in [2.24, 2.45) is 0 Å². The number of hydrogen-bond donors (Lipinski definition) is 0. The Morgan fingerprint density at radius 2 is 1.16 bits per heavy atom. The predicted octanol–water partition coefficient (Wildman–Crippen LogP) is 6.87. The highest BCUT2D eigenvalue weighted by atomic mass is 14.7. The summed E-state index contributed by atoms with van der Waals surface area (Å²) in [5.41, 5.74) is 9.87. The maximum Gasteiger partial charge on any atom is 0.0740 e. The molecule has 0 N–H and O–H groups in total. The van der Waals surface area contributed by atoms with E-state index < -0.39 is 0 Å². The molecule has 1 aromatic heterocycles. The second kappa shape index (κ2) is 9.75. The van der Waals surface area contributed by atoms with Gasteiger partial charge in [-0.3, -0.25) is 4.98 Å². The lowest BCUT2D eigenvalue weighted by molar-refractivity contribution is 0.778. The van der Waals surface area contributed by atoms with Crippen molar-refractivity contribution in [2.75, 3.05) is 0 Å². The van der Waals surface area contributed by atoms with Crippen molar-refractivity contribution in [3.8, 4) is 11.3 Å². The van der Waals surface area contributed by atoms with Gasteiger partial charge in [0.25, 0.3) is 0 Å². The third-order valence-electron chi connectivity index (χ3n) is 4.92. The van der Waals surface area contributed by atoms with Gasteiger partial charge in [-0.25, -0.2) is 0 Å². The van der Waals surface area contributed by atoms with Gasteiger partial charge in [-0.15, -0.1) is 0 Å². The maximum absolute atomic E-state index is 5.24. The van der Waals surface area contributed by atoms with Crippen molar-refractivity contribution in [1.82, 2.24) is 4.98 Å². The summed E-state index contributed by atoms with van der Waals surface area (Å²) in [5, 5.41) is 0. The minimum absolute atomic E-state index is 1.09. The second-order valence-electron chi connectivity index (χ2n) is 7.21. The van der Waals surface area contributed by atoms with Gasteiger partial charge in [0, 0.05) is 11.3 Å². The molecule has 0 spiro atoms. The SMILES string of the molecule is CCCc1nc(-c2ccc(C)cc2)c(CCC)c(CCC)c1CCC. The molecule has 2 rings (SSSR count). The van der Waals surface area contributed by atoms with Crippen LogP contribution in [0.1, 0.15) is 81.3 Å². The molecule has 0 saturated carbocycles. The molecule has 0 unspecified atom stereocenters. The molecule has 0 radical (unpaired) electrons.